The van der Waals surface area contributed by atoms with Gasteiger partial charge in [-0.3, -0.25) is 9.20 Å². The molecule has 0 radical (unpaired) electrons. The number of fused-ring (bicyclic) bond motifs is 1. The first kappa shape index (κ1) is 16.8. The second-order valence-electron chi connectivity index (χ2n) is 5.16. The van der Waals surface area contributed by atoms with E-state index in [9.17, 15) is 14.0 Å². The lowest BCUT2D eigenvalue weighted by molar-refractivity contribution is -0.131. The fraction of sp³-hybridized carbons (Fsp3) is 0.118. The molecular weight excluding hydrogens is 347 g/mol. The van der Waals surface area contributed by atoms with Gasteiger partial charge in [0.15, 0.2) is 4.96 Å². The van der Waals surface area contributed by atoms with E-state index in [0.717, 1.165) is 11.0 Å². The van der Waals surface area contributed by atoms with Gasteiger partial charge in [0.25, 0.3) is 5.56 Å². The van der Waals surface area contributed by atoms with Crippen molar-refractivity contribution in [2.75, 3.05) is 0 Å². The van der Waals surface area contributed by atoms with Gasteiger partial charge in [0.1, 0.15) is 18.2 Å². The third kappa shape index (κ3) is 3.74. The number of rotatable bonds is 5. The number of nitrogens with zero attached hydrogens (tertiary/aromatic N) is 2. The zero-order valence-corrected chi connectivity index (χ0v) is 13.9. The van der Waals surface area contributed by atoms with Gasteiger partial charge in [-0.05, 0) is 37.3 Å². The Hall–Kier alpha value is -3.00. The van der Waals surface area contributed by atoms with Gasteiger partial charge in [0.2, 0.25) is 0 Å². The zero-order chi connectivity index (χ0) is 18.0. The lowest BCUT2D eigenvalue weighted by Crippen LogP contribution is -2.16. The second kappa shape index (κ2) is 6.86. The van der Waals surface area contributed by atoms with Crippen LogP contribution in [0.4, 0.5) is 4.39 Å². The first-order valence-corrected chi connectivity index (χ1v) is 8.07. The van der Waals surface area contributed by atoms with Crippen LogP contribution in [0.2, 0.25) is 0 Å². The quantitative estimate of drug-likeness (QED) is 0.708. The minimum absolute atomic E-state index is 0.0641. The van der Waals surface area contributed by atoms with Crippen LogP contribution in [0.25, 0.3) is 11.0 Å². The fourth-order valence-electron chi connectivity index (χ4n) is 2.25. The monoisotopic (exact) mass is 360 g/mol. The molecule has 2 aromatic heterocycles. The first-order chi connectivity index (χ1) is 11.9. The van der Waals surface area contributed by atoms with Crippen LogP contribution in [-0.2, 0) is 11.4 Å². The van der Waals surface area contributed by atoms with Gasteiger partial charge in [-0.1, -0.05) is 0 Å². The van der Waals surface area contributed by atoms with Gasteiger partial charge >= 0.3 is 5.97 Å². The molecule has 0 aliphatic heterocycles. The number of hydrogen-bond acceptors (Lipinski definition) is 5. The van der Waals surface area contributed by atoms with Gasteiger partial charge in [-0.15, -0.1) is 11.3 Å². The average Bonchev–Trinajstić information content (AvgIpc) is 2.88. The fourth-order valence-corrected chi connectivity index (χ4v) is 3.23. The zero-order valence-electron chi connectivity index (χ0n) is 13.1. The normalized spacial score (nSPS) is 11.3. The summed E-state index contributed by atoms with van der Waals surface area (Å²) in [5.74, 6) is -0.985. The largest absolute Gasteiger partial charge is 0.487 e. The molecule has 3 rings (SSSR count). The van der Waals surface area contributed by atoms with E-state index in [4.69, 9.17) is 9.84 Å². The van der Waals surface area contributed by atoms with E-state index in [-0.39, 0.29) is 18.0 Å². The van der Waals surface area contributed by atoms with E-state index in [1.54, 1.807) is 6.92 Å². The van der Waals surface area contributed by atoms with Crippen molar-refractivity contribution in [3.63, 3.8) is 0 Å². The van der Waals surface area contributed by atoms with Gasteiger partial charge < -0.3 is 9.84 Å². The highest BCUT2D eigenvalue weighted by Gasteiger charge is 2.12. The standard InChI is InChI=1S/C17H13FN2O4S/c1-10-14(6-7-16(22)23)20-15(21)8-12(19-17(20)25-10)9-24-13-4-2-11(18)3-5-13/h2-8H,9H2,1H3,(H,22,23)/b7-6+. The second-order valence-corrected chi connectivity index (χ2v) is 6.34. The molecule has 0 bridgehead atoms. The molecule has 0 atom stereocenters. The molecule has 1 N–H and O–H groups in total. The van der Waals surface area contributed by atoms with Crippen molar-refractivity contribution in [2.45, 2.75) is 13.5 Å². The molecular formula is C17H13FN2O4S. The van der Waals surface area contributed by atoms with Gasteiger partial charge in [0, 0.05) is 17.0 Å². The number of ether oxygens (including phenoxy) is 1. The smallest absolute Gasteiger partial charge is 0.328 e. The van der Waals surface area contributed by atoms with Crippen molar-refractivity contribution in [2.24, 2.45) is 0 Å². The van der Waals surface area contributed by atoms with Gasteiger partial charge in [-0.2, -0.15) is 0 Å². The van der Waals surface area contributed by atoms with Crippen molar-refractivity contribution >= 4 is 28.3 Å². The maximum Gasteiger partial charge on any atom is 0.328 e. The predicted molar refractivity (Wildman–Crippen MR) is 91.5 cm³/mol. The molecule has 0 unspecified atom stereocenters. The maximum absolute atomic E-state index is 12.9. The lowest BCUT2D eigenvalue weighted by Gasteiger charge is -2.05. The predicted octanol–water partition coefficient (Wildman–Crippen LogP) is 2.88. The summed E-state index contributed by atoms with van der Waals surface area (Å²) < 4.78 is 19.7. The Balaban J connectivity index is 1.90. The van der Waals surface area contributed by atoms with Gasteiger partial charge in [0.05, 0.1) is 11.4 Å². The molecule has 8 heteroatoms. The SMILES string of the molecule is Cc1sc2nc(COc3ccc(F)cc3)cc(=O)n2c1/C=C/C(=O)O. The summed E-state index contributed by atoms with van der Waals surface area (Å²) in [6.45, 7) is 1.85. The Morgan fingerprint density at radius 1 is 1.40 bits per heavy atom. The van der Waals surface area contributed by atoms with Crippen molar-refractivity contribution < 1.29 is 19.0 Å². The summed E-state index contributed by atoms with van der Waals surface area (Å²) in [5, 5.41) is 8.76. The minimum atomic E-state index is -1.09. The summed E-state index contributed by atoms with van der Waals surface area (Å²) in [7, 11) is 0. The van der Waals surface area contributed by atoms with Crippen LogP contribution >= 0.6 is 11.3 Å². The highest BCUT2D eigenvalue weighted by atomic mass is 32.1. The number of carboxylic acids is 1. The van der Waals surface area contributed by atoms with Crippen molar-refractivity contribution in [1.82, 2.24) is 9.38 Å². The number of carbonyl (C=O) groups is 1. The summed E-state index contributed by atoms with van der Waals surface area (Å²) in [4.78, 5) is 28.7. The topological polar surface area (TPSA) is 80.9 Å². The summed E-state index contributed by atoms with van der Waals surface area (Å²) in [5.41, 5.74) is 0.604. The molecule has 128 valence electrons. The van der Waals surface area contributed by atoms with E-state index < -0.39 is 5.97 Å². The van der Waals surface area contributed by atoms with Crippen LogP contribution in [0, 0.1) is 12.7 Å². The molecule has 0 aliphatic rings. The Morgan fingerprint density at radius 2 is 2.12 bits per heavy atom. The molecule has 0 saturated heterocycles. The molecule has 0 aliphatic carbocycles. The first-order valence-electron chi connectivity index (χ1n) is 7.25. The van der Waals surface area contributed by atoms with Crippen LogP contribution in [0.3, 0.4) is 0 Å². The molecule has 6 nitrogen and oxygen atoms in total. The molecule has 0 amide bonds. The summed E-state index contributed by atoms with van der Waals surface area (Å²) >= 11 is 1.28. The molecule has 1 aromatic carbocycles. The maximum atomic E-state index is 12.9. The van der Waals surface area contributed by atoms with Gasteiger partial charge in [-0.25, -0.2) is 14.2 Å². The third-order valence-electron chi connectivity index (χ3n) is 3.37. The number of aromatic nitrogens is 2. The van der Waals surface area contributed by atoms with Crippen LogP contribution in [-0.4, -0.2) is 20.5 Å². The third-order valence-corrected chi connectivity index (χ3v) is 4.34. The van der Waals surface area contributed by atoms with Crippen LogP contribution < -0.4 is 10.3 Å². The summed E-state index contributed by atoms with van der Waals surface area (Å²) in [6.07, 6.45) is 2.35. The molecule has 0 fully saturated rings. The number of hydrogen-bond donors (Lipinski definition) is 1. The van der Waals surface area contributed by atoms with Crippen molar-refractivity contribution in [3.05, 3.63) is 68.8 Å². The number of carboxylic acid groups (broad SMARTS) is 1. The highest BCUT2D eigenvalue weighted by molar-refractivity contribution is 7.17. The highest BCUT2D eigenvalue weighted by Crippen LogP contribution is 2.21. The van der Waals surface area contributed by atoms with E-state index in [1.165, 1.54) is 52.1 Å². The Bertz CT molecular complexity index is 1020. The van der Waals surface area contributed by atoms with E-state index >= 15 is 0 Å². The Morgan fingerprint density at radius 3 is 2.80 bits per heavy atom. The number of aryl methyl sites for hydroxylation is 1. The minimum Gasteiger partial charge on any atom is -0.487 e. The molecule has 2 heterocycles. The number of halogens is 1. The molecule has 0 spiro atoms. The molecule has 3 aromatic rings. The van der Waals surface area contributed by atoms with Crippen LogP contribution in [0.1, 0.15) is 16.3 Å². The number of thiazole rings is 1. The summed E-state index contributed by atoms with van der Waals surface area (Å²) in [6, 6.07) is 6.88. The van der Waals surface area contributed by atoms with Crippen LogP contribution in [0.15, 0.2) is 41.2 Å². The van der Waals surface area contributed by atoms with E-state index in [0.29, 0.717) is 22.1 Å². The van der Waals surface area contributed by atoms with Crippen LogP contribution in [0.5, 0.6) is 5.75 Å². The van der Waals surface area contributed by atoms with E-state index in [1.807, 2.05) is 0 Å². The van der Waals surface area contributed by atoms with Crippen molar-refractivity contribution in [1.29, 1.82) is 0 Å². The number of aliphatic carboxylic acids is 1. The van der Waals surface area contributed by atoms with Crippen molar-refractivity contribution in [3.8, 4) is 5.75 Å². The Kier molecular flexibility index (Phi) is 4.62. The number of benzene rings is 1. The Labute approximate surface area is 145 Å². The lowest BCUT2D eigenvalue weighted by atomic mass is 10.3. The molecule has 25 heavy (non-hydrogen) atoms. The van der Waals surface area contributed by atoms with E-state index in [2.05, 4.69) is 4.98 Å². The molecule has 0 saturated carbocycles. The average molecular weight is 360 g/mol.